The molecule has 2 fully saturated rings. The molecule has 1 aliphatic heterocycles. The number of nitrogens with zero attached hydrogens (tertiary/aromatic N) is 2. The molecule has 4 rings (SSSR count). The number of hydrogen-bond acceptors (Lipinski definition) is 4. The van der Waals surface area contributed by atoms with Crippen molar-refractivity contribution >= 4 is 12.2 Å². The van der Waals surface area contributed by atoms with Gasteiger partial charge in [-0.2, -0.15) is 4.98 Å². The van der Waals surface area contributed by atoms with Gasteiger partial charge in [0.05, 0.1) is 6.04 Å². The van der Waals surface area contributed by atoms with Crippen LogP contribution in [0.5, 0.6) is 0 Å². The Hall–Kier alpha value is -1.94. The van der Waals surface area contributed by atoms with E-state index in [4.69, 9.17) is 4.52 Å². The second-order valence-electron chi connectivity index (χ2n) is 5.91. The normalized spacial score (nSPS) is 22.2. The van der Waals surface area contributed by atoms with Gasteiger partial charge in [0, 0.05) is 6.08 Å². The van der Waals surface area contributed by atoms with Crippen molar-refractivity contribution in [1.82, 2.24) is 15.5 Å². The van der Waals surface area contributed by atoms with E-state index in [1.54, 1.807) is 0 Å². The van der Waals surface area contributed by atoms with Crippen LogP contribution in [0.25, 0.3) is 12.2 Å². The zero-order valence-corrected chi connectivity index (χ0v) is 12.0. The average molecular weight is 281 g/mol. The van der Waals surface area contributed by atoms with Gasteiger partial charge in [-0.3, -0.25) is 0 Å². The molecular formula is C17H19N3O. The maximum Gasteiger partial charge on any atom is 0.250 e. The quantitative estimate of drug-likeness (QED) is 0.931. The topological polar surface area (TPSA) is 51.0 Å². The monoisotopic (exact) mass is 281 g/mol. The molecule has 0 amide bonds. The number of nitrogens with one attached hydrogen (secondary N) is 1. The van der Waals surface area contributed by atoms with E-state index in [-0.39, 0.29) is 6.04 Å². The second kappa shape index (κ2) is 5.45. The van der Waals surface area contributed by atoms with Crippen molar-refractivity contribution in [1.29, 1.82) is 0 Å². The summed E-state index contributed by atoms with van der Waals surface area (Å²) in [5.41, 5.74) is 2.62. The van der Waals surface area contributed by atoms with E-state index >= 15 is 0 Å². The lowest BCUT2D eigenvalue weighted by Crippen LogP contribution is -2.14. The molecule has 1 aliphatic carbocycles. The first-order chi connectivity index (χ1) is 10.4. The smallest absolute Gasteiger partial charge is 0.250 e. The molecule has 4 heteroatoms. The molecule has 0 spiro atoms. The zero-order valence-electron chi connectivity index (χ0n) is 12.0. The summed E-state index contributed by atoms with van der Waals surface area (Å²) in [6.07, 6.45) is 8.86. The SMILES string of the molecule is C(=C\c1nc(C2CCCN2)no1)/c1ccc(C2CC2)cc1. The Labute approximate surface area is 124 Å². The average Bonchev–Trinajstić information content (AvgIpc) is 3.03. The lowest BCUT2D eigenvalue weighted by molar-refractivity contribution is 0.395. The molecule has 1 N–H and O–H groups in total. The number of hydrogen-bond donors (Lipinski definition) is 1. The highest BCUT2D eigenvalue weighted by molar-refractivity contribution is 5.66. The maximum absolute atomic E-state index is 5.28. The molecule has 1 aromatic heterocycles. The van der Waals surface area contributed by atoms with Gasteiger partial charge in [0.25, 0.3) is 5.89 Å². The van der Waals surface area contributed by atoms with Gasteiger partial charge in [-0.25, -0.2) is 0 Å². The zero-order chi connectivity index (χ0) is 14.1. The molecule has 1 aromatic carbocycles. The van der Waals surface area contributed by atoms with Gasteiger partial charge < -0.3 is 9.84 Å². The van der Waals surface area contributed by atoms with E-state index < -0.39 is 0 Å². The molecule has 1 saturated carbocycles. The summed E-state index contributed by atoms with van der Waals surface area (Å²) in [6.45, 7) is 1.04. The largest absolute Gasteiger partial charge is 0.335 e. The molecule has 21 heavy (non-hydrogen) atoms. The van der Waals surface area contributed by atoms with Crippen LogP contribution < -0.4 is 5.32 Å². The van der Waals surface area contributed by atoms with E-state index in [2.05, 4.69) is 39.7 Å². The van der Waals surface area contributed by atoms with Crippen LogP contribution >= 0.6 is 0 Å². The third-order valence-electron chi connectivity index (χ3n) is 4.23. The number of rotatable bonds is 4. The molecule has 0 radical (unpaired) electrons. The molecule has 108 valence electrons. The highest BCUT2D eigenvalue weighted by Crippen LogP contribution is 2.39. The summed E-state index contributed by atoms with van der Waals surface area (Å²) in [5, 5.41) is 7.43. The Morgan fingerprint density at radius 1 is 1.10 bits per heavy atom. The summed E-state index contributed by atoms with van der Waals surface area (Å²) < 4.78 is 5.28. The Bertz CT molecular complexity index is 634. The van der Waals surface area contributed by atoms with Crippen LogP contribution in [0, 0.1) is 0 Å². The summed E-state index contributed by atoms with van der Waals surface area (Å²) in [6, 6.07) is 9.01. The first-order valence-electron chi connectivity index (χ1n) is 7.73. The van der Waals surface area contributed by atoms with Crippen LogP contribution in [-0.4, -0.2) is 16.7 Å². The number of benzene rings is 1. The summed E-state index contributed by atoms with van der Waals surface area (Å²) in [7, 11) is 0. The minimum absolute atomic E-state index is 0.258. The van der Waals surface area contributed by atoms with Crippen LogP contribution in [0.15, 0.2) is 28.8 Å². The van der Waals surface area contributed by atoms with Crippen LogP contribution in [0.2, 0.25) is 0 Å². The second-order valence-corrected chi connectivity index (χ2v) is 5.91. The molecule has 2 heterocycles. The molecular weight excluding hydrogens is 262 g/mol. The summed E-state index contributed by atoms with van der Waals surface area (Å²) >= 11 is 0. The standard InChI is InChI=1S/C17H19N3O/c1-2-15(18-11-1)17-19-16(21-20-17)10-5-12-3-6-13(7-4-12)14-8-9-14/h3-7,10,14-15,18H,1-2,8-9,11H2/b10-5+. The van der Waals surface area contributed by atoms with Gasteiger partial charge in [-0.1, -0.05) is 29.4 Å². The Morgan fingerprint density at radius 3 is 2.67 bits per heavy atom. The third kappa shape index (κ3) is 2.90. The van der Waals surface area contributed by atoms with Gasteiger partial charge in [-0.15, -0.1) is 0 Å². The van der Waals surface area contributed by atoms with Crippen molar-refractivity contribution in [3.05, 3.63) is 47.1 Å². The van der Waals surface area contributed by atoms with Gasteiger partial charge in [0.15, 0.2) is 5.82 Å². The third-order valence-corrected chi connectivity index (χ3v) is 4.23. The van der Waals surface area contributed by atoms with Crippen molar-refractivity contribution in [2.45, 2.75) is 37.6 Å². The lowest BCUT2D eigenvalue weighted by Gasteiger charge is -2.01. The van der Waals surface area contributed by atoms with Crippen LogP contribution in [0.4, 0.5) is 0 Å². The van der Waals surface area contributed by atoms with E-state index in [9.17, 15) is 0 Å². The van der Waals surface area contributed by atoms with Crippen molar-refractivity contribution < 1.29 is 4.52 Å². The highest BCUT2D eigenvalue weighted by atomic mass is 16.5. The molecule has 2 aromatic rings. The fraction of sp³-hybridized carbons (Fsp3) is 0.412. The van der Waals surface area contributed by atoms with Crippen LogP contribution in [0.3, 0.4) is 0 Å². The van der Waals surface area contributed by atoms with Crippen LogP contribution in [0.1, 0.15) is 60.5 Å². The van der Waals surface area contributed by atoms with E-state index in [1.165, 1.54) is 24.8 Å². The lowest BCUT2D eigenvalue weighted by atomic mass is 10.1. The Morgan fingerprint density at radius 2 is 1.95 bits per heavy atom. The Kier molecular flexibility index (Phi) is 3.31. The predicted molar refractivity (Wildman–Crippen MR) is 81.6 cm³/mol. The highest BCUT2D eigenvalue weighted by Gasteiger charge is 2.23. The van der Waals surface area contributed by atoms with Crippen LogP contribution in [-0.2, 0) is 0 Å². The summed E-state index contributed by atoms with van der Waals surface area (Å²) in [5.74, 6) is 2.15. The first kappa shape index (κ1) is 12.8. The fourth-order valence-corrected chi connectivity index (χ4v) is 2.82. The van der Waals surface area contributed by atoms with Crippen molar-refractivity contribution in [2.24, 2.45) is 0 Å². The van der Waals surface area contributed by atoms with E-state index in [0.29, 0.717) is 5.89 Å². The maximum atomic E-state index is 5.28. The molecule has 1 saturated heterocycles. The van der Waals surface area contributed by atoms with Gasteiger partial charge in [0.1, 0.15) is 0 Å². The minimum Gasteiger partial charge on any atom is -0.335 e. The van der Waals surface area contributed by atoms with Crippen molar-refractivity contribution in [3.63, 3.8) is 0 Å². The van der Waals surface area contributed by atoms with Crippen molar-refractivity contribution in [3.8, 4) is 0 Å². The van der Waals surface area contributed by atoms with E-state index in [1.807, 2.05) is 12.2 Å². The fourth-order valence-electron chi connectivity index (χ4n) is 2.82. The first-order valence-corrected chi connectivity index (χ1v) is 7.73. The summed E-state index contributed by atoms with van der Waals surface area (Å²) in [4.78, 5) is 4.44. The van der Waals surface area contributed by atoms with Crippen molar-refractivity contribution in [2.75, 3.05) is 6.54 Å². The van der Waals surface area contributed by atoms with Gasteiger partial charge in [0.2, 0.25) is 0 Å². The number of aromatic nitrogens is 2. The molecule has 4 nitrogen and oxygen atoms in total. The molecule has 1 atom stereocenters. The predicted octanol–water partition coefficient (Wildman–Crippen LogP) is 3.54. The minimum atomic E-state index is 0.258. The van der Waals surface area contributed by atoms with Gasteiger partial charge in [-0.05, 0) is 55.3 Å². The molecule has 0 bridgehead atoms. The van der Waals surface area contributed by atoms with Gasteiger partial charge >= 0.3 is 0 Å². The molecule has 1 unspecified atom stereocenters. The van der Waals surface area contributed by atoms with E-state index in [0.717, 1.165) is 30.3 Å². The Balaban J connectivity index is 1.44. The molecule has 2 aliphatic rings.